The van der Waals surface area contributed by atoms with Crippen LogP contribution in [-0.2, 0) is 11.3 Å². The third-order valence-electron chi connectivity index (χ3n) is 5.71. The summed E-state index contributed by atoms with van der Waals surface area (Å²) in [6.45, 7) is 6.42. The summed E-state index contributed by atoms with van der Waals surface area (Å²) >= 11 is 1.33. The van der Waals surface area contributed by atoms with Crippen LogP contribution in [0.5, 0.6) is 0 Å². The van der Waals surface area contributed by atoms with Crippen LogP contribution in [0, 0.1) is 6.92 Å². The summed E-state index contributed by atoms with van der Waals surface area (Å²) in [5.74, 6) is 1.45. The lowest BCUT2D eigenvalue weighted by Gasteiger charge is -2.19. The monoisotopic (exact) mass is 484 g/mol. The van der Waals surface area contributed by atoms with Gasteiger partial charge in [-0.05, 0) is 36.8 Å². The molecule has 8 nitrogen and oxygen atoms in total. The van der Waals surface area contributed by atoms with Gasteiger partial charge in [0.25, 0.3) is 5.91 Å². The molecule has 4 heterocycles. The minimum atomic E-state index is -0.284. The summed E-state index contributed by atoms with van der Waals surface area (Å²) in [7, 11) is 0. The third kappa shape index (κ3) is 4.81. The molecule has 0 N–H and O–H groups in total. The molecule has 0 bridgehead atoms. The van der Waals surface area contributed by atoms with Gasteiger partial charge in [-0.1, -0.05) is 47.7 Å². The maximum absolute atomic E-state index is 13.4. The van der Waals surface area contributed by atoms with E-state index in [1.165, 1.54) is 17.3 Å². The highest BCUT2D eigenvalue weighted by molar-refractivity contribution is 7.99. The molecule has 1 aliphatic heterocycles. The summed E-state index contributed by atoms with van der Waals surface area (Å²) in [6, 6.07) is 15.4. The molecule has 1 unspecified atom stereocenters. The summed E-state index contributed by atoms with van der Waals surface area (Å²) in [6.07, 6.45) is 7.42. The van der Waals surface area contributed by atoms with Gasteiger partial charge in [-0.2, -0.15) is 5.10 Å². The Kier molecular flexibility index (Phi) is 6.58. The molecule has 0 aliphatic carbocycles. The third-order valence-corrected chi connectivity index (χ3v) is 6.67. The Labute approximate surface area is 207 Å². The molecule has 4 aromatic rings. The van der Waals surface area contributed by atoms with E-state index in [1.807, 2.05) is 60.0 Å². The number of hydrogen-bond acceptors (Lipinski definition) is 7. The molecule has 176 valence electrons. The predicted molar refractivity (Wildman–Crippen MR) is 135 cm³/mol. The van der Waals surface area contributed by atoms with Crippen LogP contribution in [-0.4, -0.2) is 42.1 Å². The quantitative estimate of drug-likeness (QED) is 0.261. The molecule has 5 rings (SSSR count). The minimum Gasteiger partial charge on any atom is -0.467 e. The fourth-order valence-electron chi connectivity index (χ4n) is 3.96. The van der Waals surface area contributed by atoms with Gasteiger partial charge in [0.15, 0.2) is 11.0 Å². The summed E-state index contributed by atoms with van der Waals surface area (Å²) in [4.78, 5) is 17.4. The zero-order valence-electron chi connectivity index (χ0n) is 19.2. The van der Waals surface area contributed by atoms with E-state index in [-0.39, 0.29) is 17.7 Å². The van der Waals surface area contributed by atoms with E-state index in [9.17, 15) is 4.79 Å². The van der Waals surface area contributed by atoms with Gasteiger partial charge in [0.2, 0.25) is 0 Å². The van der Waals surface area contributed by atoms with Crippen molar-refractivity contribution in [1.82, 2.24) is 24.8 Å². The first kappa shape index (κ1) is 22.8. The van der Waals surface area contributed by atoms with E-state index in [1.54, 1.807) is 29.7 Å². The number of aromatic nitrogens is 4. The Hall–Kier alpha value is -3.98. The van der Waals surface area contributed by atoms with E-state index < -0.39 is 0 Å². The first-order chi connectivity index (χ1) is 17.1. The zero-order valence-corrected chi connectivity index (χ0v) is 20.1. The lowest BCUT2D eigenvalue weighted by Crippen LogP contribution is -2.28. The average molecular weight is 485 g/mol. The van der Waals surface area contributed by atoms with Crippen LogP contribution in [0.15, 0.2) is 94.5 Å². The Morgan fingerprint density at radius 3 is 2.66 bits per heavy atom. The molecular weight excluding hydrogens is 460 g/mol. The van der Waals surface area contributed by atoms with Crippen molar-refractivity contribution >= 4 is 23.4 Å². The van der Waals surface area contributed by atoms with Crippen LogP contribution >= 0.6 is 11.8 Å². The lowest BCUT2D eigenvalue weighted by atomic mass is 10.0. The number of thioether (sulfide) groups is 1. The van der Waals surface area contributed by atoms with Gasteiger partial charge in [-0.25, -0.2) is 5.01 Å². The molecular formula is C26H24N6O2S. The summed E-state index contributed by atoms with van der Waals surface area (Å²) in [5.41, 5.74) is 3.94. The molecule has 3 aromatic heterocycles. The topological polar surface area (TPSA) is 89.4 Å². The highest BCUT2D eigenvalue weighted by Crippen LogP contribution is 2.34. The van der Waals surface area contributed by atoms with Gasteiger partial charge in [0.05, 0.1) is 17.7 Å². The van der Waals surface area contributed by atoms with E-state index in [4.69, 9.17) is 9.52 Å². The second kappa shape index (κ2) is 10.1. The lowest BCUT2D eigenvalue weighted by molar-refractivity contribution is -0.130. The number of hydrazone groups is 1. The smallest absolute Gasteiger partial charge is 0.253 e. The van der Waals surface area contributed by atoms with E-state index >= 15 is 0 Å². The molecule has 1 aromatic carbocycles. The van der Waals surface area contributed by atoms with Gasteiger partial charge >= 0.3 is 0 Å². The van der Waals surface area contributed by atoms with Crippen molar-refractivity contribution in [2.24, 2.45) is 5.10 Å². The van der Waals surface area contributed by atoms with Gasteiger partial charge < -0.3 is 4.42 Å². The van der Waals surface area contributed by atoms with Crippen molar-refractivity contribution < 1.29 is 9.21 Å². The molecule has 1 aliphatic rings. The van der Waals surface area contributed by atoms with Crippen molar-refractivity contribution in [2.45, 2.75) is 31.1 Å². The van der Waals surface area contributed by atoms with E-state index in [0.717, 1.165) is 16.8 Å². The maximum Gasteiger partial charge on any atom is 0.253 e. The number of aryl methyl sites for hydroxylation is 1. The molecule has 0 fully saturated rings. The van der Waals surface area contributed by atoms with Gasteiger partial charge in [0, 0.05) is 30.9 Å². The zero-order chi connectivity index (χ0) is 24.2. The number of benzene rings is 1. The Morgan fingerprint density at radius 1 is 1.14 bits per heavy atom. The van der Waals surface area contributed by atoms with Crippen molar-refractivity contribution in [3.05, 3.63) is 96.7 Å². The Morgan fingerprint density at radius 2 is 1.94 bits per heavy atom. The second-order valence-corrected chi connectivity index (χ2v) is 9.06. The van der Waals surface area contributed by atoms with Gasteiger partial charge in [-0.15, -0.1) is 16.8 Å². The number of nitrogens with zero attached hydrogens (tertiary/aromatic N) is 6. The van der Waals surface area contributed by atoms with Gasteiger partial charge in [0.1, 0.15) is 11.8 Å². The maximum atomic E-state index is 13.4. The number of carbonyl (C=O) groups excluding carboxylic acids is 1. The summed E-state index contributed by atoms with van der Waals surface area (Å²) in [5, 5.41) is 15.6. The van der Waals surface area contributed by atoms with E-state index in [0.29, 0.717) is 29.7 Å². The molecule has 0 saturated carbocycles. The Balaban J connectivity index is 1.37. The largest absolute Gasteiger partial charge is 0.467 e. The normalized spacial score (nSPS) is 15.3. The first-order valence-corrected chi connectivity index (χ1v) is 12.2. The van der Waals surface area contributed by atoms with E-state index in [2.05, 4.69) is 21.8 Å². The number of hydrogen-bond donors (Lipinski definition) is 0. The molecule has 1 atom stereocenters. The number of pyridine rings is 1. The van der Waals surface area contributed by atoms with Crippen LogP contribution in [0.1, 0.15) is 29.3 Å². The molecule has 0 radical (unpaired) electrons. The van der Waals surface area contributed by atoms with Crippen LogP contribution < -0.4 is 0 Å². The van der Waals surface area contributed by atoms with Crippen LogP contribution in [0.25, 0.3) is 11.4 Å². The average Bonchev–Trinajstić information content (AvgIpc) is 3.64. The Bertz CT molecular complexity index is 1350. The first-order valence-electron chi connectivity index (χ1n) is 11.2. The number of allylic oxidation sites excluding steroid dienone is 1. The van der Waals surface area contributed by atoms with Crippen molar-refractivity contribution in [2.75, 3.05) is 5.75 Å². The summed E-state index contributed by atoms with van der Waals surface area (Å²) < 4.78 is 7.59. The SMILES string of the molecule is C=CCn1c(SCC(=O)N2N=C(c3ccc(C)cc3)CC2c2ccco2)nnc1-c1ccncc1. The minimum absolute atomic E-state index is 0.128. The molecule has 0 saturated heterocycles. The van der Waals surface area contributed by atoms with Crippen molar-refractivity contribution in [3.8, 4) is 11.4 Å². The molecule has 0 spiro atoms. The van der Waals surface area contributed by atoms with Crippen molar-refractivity contribution in [1.29, 1.82) is 0 Å². The number of amides is 1. The van der Waals surface area contributed by atoms with Crippen LogP contribution in [0.4, 0.5) is 0 Å². The van der Waals surface area contributed by atoms with Crippen LogP contribution in [0.3, 0.4) is 0 Å². The highest BCUT2D eigenvalue weighted by Gasteiger charge is 2.35. The van der Waals surface area contributed by atoms with Gasteiger partial charge in [-0.3, -0.25) is 14.3 Å². The predicted octanol–water partition coefficient (Wildman–Crippen LogP) is 4.90. The van der Waals surface area contributed by atoms with Crippen LogP contribution in [0.2, 0.25) is 0 Å². The second-order valence-electron chi connectivity index (χ2n) is 8.12. The fourth-order valence-corrected chi connectivity index (χ4v) is 4.76. The highest BCUT2D eigenvalue weighted by atomic mass is 32.2. The fraction of sp³-hybridized carbons (Fsp3) is 0.192. The molecule has 1 amide bonds. The number of rotatable bonds is 8. The standard InChI is InChI=1S/C26H24N6O2S/c1-3-14-31-25(20-10-12-27-13-11-20)28-29-26(31)35-17-24(33)32-22(23-5-4-15-34-23)16-21(30-32)19-8-6-18(2)7-9-19/h3-13,15,22H,1,14,16-17H2,2H3. The van der Waals surface area contributed by atoms with Crippen molar-refractivity contribution in [3.63, 3.8) is 0 Å². The molecule has 9 heteroatoms. The molecule has 35 heavy (non-hydrogen) atoms. The number of carbonyl (C=O) groups is 1. The number of furan rings is 1.